The number of ether oxygens (including phenoxy) is 2. The Labute approximate surface area is 194 Å². The fourth-order valence-electron chi connectivity index (χ4n) is 6.17. The van der Waals surface area contributed by atoms with E-state index in [1.807, 2.05) is 6.92 Å². The Morgan fingerprint density at radius 1 is 0.969 bits per heavy atom. The fraction of sp³-hybridized carbons (Fsp3) is 0.750. The maximum atomic E-state index is 14.5. The van der Waals surface area contributed by atoms with E-state index in [0.29, 0.717) is 25.0 Å². The molecule has 1 atom stereocenters. The predicted molar refractivity (Wildman–Crippen MR) is 128 cm³/mol. The minimum Gasteiger partial charge on any atom is -0.488 e. The lowest BCUT2D eigenvalue weighted by Crippen LogP contribution is -2.24. The average Bonchev–Trinajstić information content (AvgIpc) is 3.33. The van der Waals surface area contributed by atoms with Gasteiger partial charge in [0, 0.05) is 5.56 Å². The van der Waals surface area contributed by atoms with Crippen LogP contribution in [0.15, 0.2) is 17.7 Å². The van der Waals surface area contributed by atoms with Crippen LogP contribution in [-0.4, -0.2) is 18.2 Å². The summed E-state index contributed by atoms with van der Waals surface area (Å²) >= 11 is 0. The highest BCUT2D eigenvalue weighted by Gasteiger charge is 2.28. The molecule has 1 aromatic heterocycles. The van der Waals surface area contributed by atoms with Gasteiger partial charge >= 0.3 is 0 Å². The molecular weight excluding hydrogens is 401 g/mol. The van der Waals surface area contributed by atoms with Crippen molar-refractivity contribution in [1.82, 2.24) is 4.98 Å². The quantitative estimate of drug-likeness (QED) is 0.288. The van der Waals surface area contributed by atoms with Gasteiger partial charge in [0.05, 0.1) is 6.61 Å². The molecule has 0 N–H and O–H groups in total. The molecule has 0 aliphatic heterocycles. The van der Waals surface area contributed by atoms with Gasteiger partial charge in [0.15, 0.2) is 5.75 Å². The third-order valence-corrected chi connectivity index (χ3v) is 8.23. The van der Waals surface area contributed by atoms with Crippen LogP contribution in [-0.2, 0) is 0 Å². The Balaban J connectivity index is 1.23. The highest BCUT2D eigenvalue weighted by Crippen LogP contribution is 2.40. The van der Waals surface area contributed by atoms with Crippen LogP contribution in [0, 0.1) is 36.5 Å². The topological polar surface area (TPSA) is 31.4 Å². The van der Waals surface area contributed by atoms with E-state index >= 15 is 0 Å². The minimum atomic E-state index is -0.556. The highest BCUT2D eigenvalue weighted by atomic mass is 19.1. The first-order chi connectivity index (χ1) is 15.6. The summed E-state index contributed by atoms with van der Waals surface area (Å²) in [6, 6.07) is 1.74. The van der Waals surface area contributed by atoms with E-state index in [1.54, 1.807) is 6.07 Å². The largest absolute Gasteiger partial charge is 0.488 e. The van der Waals surface area contributed by atoms with Crippen LogP contribution in [0.1, 0.15) is 96.0 Å². The molecule has 0 aromatic carbocycles. The van der Waals surface area contributed by atoms with Gasteiger partial charge in [-0.1, -0.05) is 51.5 Å². The lowest BCUT2D eigenvalue weighted by atomic mass is 9.71. The normalized spacial score (nSPS) is 26.7. The van der Waals surface area contributed by atoms with Crippen molar-refractivity contribution in [2.75, 3.05) is 13.2 Å². The van der Waals surface area contributed by atoms with Crippen LogP contribution in [0.2, 0.25) is 0 Å². The van der Waals surface area contributed by atoms with Crippen LogP contribution in [0.5, 0.6) is 11.6 Å². The van der Waals surface area contributed by atoms with Gasteiger partial charge in [0.25, 0.3) is 5.95 Å². The van der Waals surface area contributed by atoms with Gasteiger partial charge in [-0.2, -0.15) is 9.37 Å². The molecule has 3 aliphatic rings. The lowest BCUT2D eigenvalue weighted by Gasteiger charge is -2.35. The number of allylic oxidation sites excluding steroid dienone is 1. The van der Waals surface area contributed by atoms with E-state index in [2.05, 4.69) is 18.0 Å². The molecule has 2 fully saturated rings. The Kier molecular flexibility index (Phi) is 8.49. The van der Waals surface area contributed by atoms with Crippen LogP contribution < -0.4 is 9.47 Å². The van der Waals surface area contributed by atoms with Crippen LogP contribution in [0.25, 0.3) is 0 Å². The van der Waals surface area contributed by atoms with Crippen molar-refractivity contribution in [3.8, 4) is 11.6 Å². The predicted octanol–water partition coefficient (Wildman–Crippen LogP) is 7.81. The fourth-order valence-corrected chi connectivity index (χ4v) is 6.17. The molecule has 0 bridgehead atoms. The number of nitrogens with zero attached hydrogens (tertiary/aromatic N) is 1. The molecule has 1 heterocycles. The summed E-state index contributed by atoms with van der Waals surface area (Å²) in [5.41, 5.74) is 2.18. The standard InChI is InChI=1S/C28H42FNO2/c1-3-6-21-9-13-24(14-10-21)25-15-11-23(12-16-25)19-32-28-20(2)17-26(27(29)30-28)31-18-22-7-4-5-8-22/h11,17,21-22,24-25H,3-10,12-16,18-19H2,1-2H3. The number of pyridine rings is 1. The molecule has 2 saturated carbocycles. The van der Waals surface area contributed by atoms with Gasteiger partial charge in [-0.15, -0.1) is 0 Å². The van der Waals surface area contributed by atoms with Gasteiger partial charge in [-0.25, -0.2) is 0 Å². The van der Waals surface area contributed by atoms with E-state index < -0.39 is 5.95 Å². The molecule has 178 valence electrons. The molecule has 0 saturated heterocycles. The second kappa shape index (κ2) is 11.5. The van der Waals surface area contributed by atoms with Crippen molar-refractivity contribution in [2.24, 2.45) is 23.7 Å². The maximum absolute atomic E-state index is 14.5. The maximum Gasteiger partial charge on any atom is 0.258 e. The molecule has 4 heteroatoms. The number of aromatic nitrogens is 1. The summed E-state index contributed by atoms with van der Waals surface area (Å²) in [4.78, 5) is 4.07. The molecule has 1 aromatic rings. The third-order valence-electron chi connectivity index (χ3n) is 8.23. The molecule has 1 unspecified atom stereocenters. The SMILES string of the molecule is CCCC1CCC(C2CC=C(COc3nc(F)c(OCC4CCCC4)cc3C)CC2)CC1. The molecule has 0 radical (unpaired) electrons. The number of aryl methyl sites for hydroxylation is 1. The minimum absolute atomic E-state index is 0.259. The molecular formula is C28H42FNO2. The first-order valence-electron chi connectivity index (χ1n) is 13.2. The number of rotatable bonds is 9. The Hall–Kier alpha value is -1.58. The molecule has 3 aliphatic carbocycles. The van der Waals surface area contributed by atoms with Crippen molar-refractivity contribution in [3.05, 3.63) is 29.2 Å². The molecule has 3 nitrogen and oxygen atoms in total. The van der Waals surface area contributed by atoms with Gasteiger partial charge in [0.1, 0.15) is 6.61 Å². The third kappa shape index (κ3) is 6.26. The zero-order valence-electron chi connectivity index (χ0n) is 20.2. The smallest absolute Gasteiger partial charge is 0.258 e. The number of hydrogen-bond donors (Lipinski definition) is 0. The Morgan fingerprint density at radius 2 is 1.75 bits per heavy atom. The van der Waals surface area contributed by atoms with Gasteiger partial charge in [0.2, 0.25) is 5.88 Å². The summed E-state index contributed by atoms with van der Waals surface area (Å²) in [6.07, 6.45) is 19.3. The van der Waals surface area contributed by atoms with Gasteiger partial charge in [-0.3, -0.25) is 0 Å². The first kappa shape index (κ1) is 23.6. The molecule has 0 amide bonds. The summed E-state index contributed by atoms with van der Waals surface area (Å²) in [5, 5.41) is 0. The number of hydrogen-bond acceptors (Lipinski definition) is 3. The zero-order valence-corrected chi connectivity index (χ0v) is 20.2. The van der Waals surface area contributed by atoms with Crippen molar-refractivity contribution >= 4 is 0 Å². The van der Waals surface area contributed by atoms with E-state index in [4.69, 9.17) is 9.47 Å². The molecule has 0 spiro atoms. The van der Waals surface area contributed by atoms with Gasteiger partial charge in [-0.05, 0) is 87.2 Å². The first-order valence-corrected chi connectivity index (χ1v) is 13.2. The summed E-state index contributed by atoms with van der Waals surface area (Å²) < 4.78 is 26.1. The number of halogens is 1. The molecule has 4 rings (SSSR count). The van der Waals surface area contributed by atoms with Crippen LogP contribution in [0.4, 0.5) is 4.39 Å². The second-order valence-corrected chi connectivity index (χ2v) is 10.6. The summed E-state index contributed by atoms with van der Waals surface area (Å²) in [6.45, 7) is 5.34. The van der Waals surface area contributed by atoms with E-state index in [0.717, 1.165) is 29.7 Å². The Morgan fingerprint density at radius 3 is 2.44 bits per heavy atom. The summed E-state index contributed by atoms with van der Waals surface area (Å²) in [5.74, 6) is 3.39. The van der Waals surface area contributed by atoms with Crippen molar-refractivity contribution in [1.29, 1.82) is 0 Å². The molecule has 32 heavy (non-hydrogen) atoms. The zero-order chi connectivity index (χ0) is 22.3. The summed E-state index contributed by atoms with van der Waals surface area (Å²) in [7, 11) is 0. The van der Waals surface area contributed by atoms with Crippen LogP contribution >= 0.6 is 0 Å². The monoisotopic (exact) mass is 443 g/mol. The van der Waals surface area contributed by atoms with Crippen molar-refractivity contribution in [3.63, 3.8) is 0 Å². The van der Waals surface area contributed by atoms with E-state index in [1.165, 1.54) is 82.6 Å². The average molecular weight is 444 g/mol. The highest BCUT2D eigenvalue weighted by molar-refractivity contribution is 5.33. The lowest BCUT2D eigenvalue weighted by molar-refractivity contribution is 0.184. The van der Waals surface area contributed by atoms with Crippen LogP contribution in [0.3, 0.4) is 0 Å². The second-order valence-electron chi connectivity index (χ2n) is 10.6. The van der Waals surface area contributed by atoms with E-state index in [9.17, 15) is 4.39 Å². The van der Waals surface area contributed by atoms with Gasteiger partial charge < -0.3 is 9.47 Å². The van der Waals surface area contributed by atoms with E-state index in [-0.39, 0.29) is 5.75 Å². The van der Waals surface area contributed by atoms with Crippen molar-refractivity contribution < 1.29 is 13.9 Å². The van der Waals surface area contributed by atoms with Crippen molar-refractivity contribution in [2.45, 2.75) is 97.3 Å². The Bertz CT molecular complexity index is 763.